The minimum absolute atomic E-state index is 0.00785. The van der Waals surface area contributed by atoms with Crippen molar-refractivity contribution in [1.82, 2.24) is 0 Å². The van der Waals surface area contributed by atoms with Crippen molar-refractivity contribution < 1.29 is 10.2 Å². The smallest absolute Gasteiger partial charge is 0.122 e. The van der Waals surface area contributed by atoms with Gasteiger partial charge in [-0.25, -0.2) is 0 Å². The van der Waals surface area contributed by atoms with Crippen LogP contribution < -0.4 is 0 Å². The van der Waals surface area contributed by atoms with E-state index >= 15 is 0 Å². The van der Waals surface area contributed by atoms with Crippen molar-refractivity contribution >= 4 is 0 Å². The predicted molar refractivity (Wildman–Crippen MR) is 85.5 cm³/mol. The molecule has 1 aromatic rings. The van der Waals surface area contributed by atoms with E-state index in [1.165, 1.54) is 6.42 Å². The first-order valence-corrected chi connectivity index (χ1v) is 7.62. The molecule has 0 aromatic heterocycles. The summed E-state index contributed by atoms with van der Waals surface area (Å²) in [4.78, 5) is 0. The van der Waals surface area contributed by atoms with Crippen molar-refractivity contribution in [3.8, 4) is 11.5 Å². The van der Waals surface area contributed by atoms with Crippen LogP contribution in [0, 0.1) is 12.3 Å². The zero-order chi connectivity index (χ0) is 15.6. The summed E-state index contributed by atoms with van der Waals surface area (Å²) in [5.41, 5.74) is 1.96. The summed E-state index contributed by atoms with van der Waals surface area (Å²) in [6.07, 6.45) is 4.41. The van der Waals surface area contributed by atoms with Gasteiger partial charge < -0.3 is 10.2 Å². The maximum Gasteiger partial charge on any atom is 0.122 e. The van der Waals surface area contributed by atoms with E-state index in [0.29, 0.717) is 11.0 Å². The Morgan fingerprint density at radius 1 is 0.950 bits per heavy atom. The van der Waals surface area contributed by atoms with Crippen LogP contribution in [0.2, 0.25) is 0 Å². The SMILES string of the molecule is CCC(C)(CCCC(C)(C)C)c1cc(O)c(C)c(O)c1. The molecular weight excluding hydrogens is 248 g/mol. The molecule has 0 amide bonds. The minimum Gasteiger partial charge on any atom is -0.508 e. The normalized spacial score (nSPS) is 15.1. The van der Waals surface area contributed by atoms with Gasteiger partial charge in [-0.15, -0.1) is 0 Å². The van der Waals surface area contributed by atoms with Gasteiger partial charge in [-0.2, -0.15) is 0 Å². The van der Waals surface area contributed by atoms with Crippen LogP contribution in [0.1, 0.15) is 71.4 Å². The monoisotopic (exact) mass is 278 g/mol. The predicted octanol–water partition coefficient (Wildman–Crippen LogP) is 5.29. The van der Waals surface area contributed by atoms with Crippen molar-refractivity contribution in [2.75, 3.05) is 0 Å². The third-order valence-electron chi connectivity index (χ3n) is 4.49. The van der Waals surface area contributed by atoms with E-state index in [0.717, 1.165) is 24.8 Å². The Bertz CT molecular complexity index is 434. The van der Waals surface area contributed by atoms with Crippen LogP contribution in [0.25, 0.3) is 0 Å². The molecule has 0 aliphatic carbocycles. The molecule has 0 fully saturated rings. The van der Waals surface area contributed by atoms with E-state index in [-0.39, 0.29) is 16.9 Å². The average Bonchev–Trinajstić information content (AvgIpc) is 2.33. The number of hydrogen-bond acceptors (Lipinski definition) is 2. The van der Waals surface area contributed by atoms with Gasteiger partial charge in [-0.1, -0.05) is 41.0 Å². The van der Waals surface area contributed by atoms with E-state index < -0.39 is 0 Å². The van der Waals surface area contributed by atoms with Gasteiger partial charge in [0.25, 0.3) is 0 Å². The Hall–Kier alpha value is -1.18. The first kappa shape index (κ1) is 16.9. The van der Waals surface area contributed by atoms with Gasteiger partial charge in [-0.05, 0) is 54.7 Å². The third-order valence-corrected chi connectivity index (χ3v) is 4.49. The van der Waals surface area contributed by atoms with Gasteiger partial charge in [0.05, 0.1) is 0 Å². The minimum atomic E-state index is 0.00785. The Balaban J connectivity index is 2.93. The first-order valence-electron chi connectivity index (χ1n) is 7.62. The molecule has 0 spiro atoms. The number of hydrogen-bond donors (Lipinski definition) is 2. The molecule has 0 radical (unpaired) electrons. The van der Waals surface area contributed by atoms with Gasteiger partial charge in [0.15, 0.2) is 0 Å². The molecule has 114 valence electrons. The molecule has 2 nitrogen and oxygen atoms in total. The van der Waals surface area contributed by atoms with Gasteiger partial charge in [-0.3, -0.25) is 0 Å². The highest BCUT2D eigenvalue weighted by atomic mass is 16.3. The molecular formula is C18H30O2. The fraction of sp³-hybridized carbons (Fsp3) is 0.667. The maximum atomic E-state index is 9.93. The summed E-state index contributed by atoms with van der Waals surface area (Å²) in [6, 6.07) is 3.63. The lowest BCUT2D eigenvalue weighted by Crippen LogP contribution is -2.21. The molecule has 0 aliphatic rings. The van der Waals surface area contributed by atoms with Crippen LogP contribution in [0.4, 0.5) is 0 Å². The maximum absolute atomic E-state index is 9.93. The average molecular weight is 278 g/mol. The quantitative estimate of drug-likeness (QED) is 0.768. The number of aromatic hydroxyl groups is 2. The van der Waals surface area contributed by atoms with Crippen molar-refractivity contribution in [3.05, 3.63) is 23.3 Å². The fourth-order valence-corrected chi connectivity index (χ4v) is 2.57. The Morgan fingerprint density at radius 3 is 1.85 bits per heavy atom. The van der Waals surface area contributed by atoms with Crippen LogP contribution >= 0.6 is 0 Å². The van der Waals surface area contributed by atoms with Crippen molar-refractivity contribution in [1.29, 1.82) is 0 Å². The standard InChI is InChI=1S/C18H30O2/c1-7-18(6,10-8-9-17(3,4)5)14-11-15(19)13(2)16(20)12-14/h11-12,19-20H,7-10H2,1-6H3. The molecule has 2 heteroatoms. The second-order valence-electron chi connectivity index (χ2n) is 7.47. The fourth-order valence-electron chi connectivity index (χ4n) is 2.57. The molecule has 0 aliphatic heterocycles. The molecule has 1 rings (SSSR count). The Labute approximate surface area is 123 Å². The molecule has 0 saturated carbocycles. The van der Waals surface area contributed by atoms with Gasteiger partial charge in [0.2, 0.25) is 0 Å². The van der Waals surface area contributed by atoms with E-state index in [4.69, 9.17) is 0 Å². The van der Waals surface area contributed by atoms with Crippen LogP contribution in [0.5, 0.6) is 11.5 Å². The van der Waals surface area contributed by atoms with Gasteiger partial charge >= 0.3 is 0 Å². The van der Waals surface area contributed by atoms with E-state index in [9.17, 15) is 10.2 Å². The van der Waals surface area contributed by atoms with Gasteiger partial charge in [0, 0.05) is 5.56 Å². The summed E-state index contributed by atoms with van der Waals surface area (Å²) in [5.74, 6) is 0.381. The number of rotatable bonds is 5. The lowest BCUT2D eigenvalue weighted by atomic mass is 9.74. The Morgan fingerprint density at radius 2 is 1.45 bits per heavy atom. The second kappa shape index (κ2) is 6.07. The summed E-state index contributed by atoms with van der Waals surface area (Å²) in [6.45, 7) is 12.9. The van der Waals surface area contributed by atoms with Crippen molar-refractivity contribution in [2.24, 2.45) is 5.41 Å². The molecule has 0 heterocycles. The second-order valence-corrected chi connectivity index (χ2v) is 7.47. The summed E-state index contributed by atoms with van der Waals surface area (Å²) in [7, 11) is 0. The van der Waals surface area contributed by atoms with Crippen LogP contribution in [-0.2, 0) is 5.41 Å². The molecule has 1 aromatic carbocycles. The van der Waals surface area contributed by atoms with Crippen molar-refractivity contribution in [2.45, 2.75) is 72.6 Å². The highest BCUT2D eigenvalue weighted by Gasteiger charge is 2.26. The zero-order valence-corrected chi connectivity index (χ0v) is 13.9. The highest BCUT2D eigenvalue weighted by Crippen LogP contribution is 2.39. The van der Waals surface area contributed by atoms with E-state index in [1.54, 1.807) is 6.92 Å². The first-order chi connectivity index (χ1) is 9.09. The lowest BCUT2D eigenvalue weighted by molar-refractivity contribution is 0.318. The largest absolute Gasteiger partial charge is 0.508 e. The summed E-state index contributed by atoms with van der Waals surface area (Å²) >= 11 is 0. The molecule has 0 saturated heterocycles. The lowest BCUT2D eigenvalue weighted by Gasteiger charge is -2.31. The van der Waals surface area contributed by atoms with E-state index in [1.807, 2.05) is 12.1 Å². The van der Waals surface area contributed by atoms with Crippen LogP contribution in [0.15, 0.2) is 12.1 Å². The summed E-state index contributed by atoms with van der Waals surface area (Å²) < 4.78 is 0. The zero-order valence-electron chi connectivity index (χ0n) is 13.9. The molecule has 1 atom stereocenters. The highest BCUT2D eigenvalue weighted by molar-refractivity contribution is 5.47. The number of phenols is 2. The molecule has 20 heavy (non-hydrogen) atoms. The third kappa shape index (κ3) is 4.16. The van der Waals surface area contributed by atoms with Crippen molar-refractivity contribution in [3.63, 3.8) is 0 Å². The molecule has 1 unspecified atom stereocenters. The van der Waals surface area contributed by atoms with Crippen LogP contribution in [-0.4, -0.2) is 10.2 Å². The van der Waals surface area contributed by atoms with Gasteiger partial charge in [0.1, 0.15) is 11.5 Å². The molecule has 0 bridgehead atoms. The van der Waals surface area contributed by atoms with Crippen LogP contribution in [0.3, 0.4) is 0 Å². The molecule has 2 N–H and O–H groups in total. The number of phenolic OH excluding ortho intramolecular Hbond substituents is 2. The van der Waals surface area contributed by atoms with E-state index in [2.05, 4.69) is 34.6 Å². The summed E-state index contributed by atoms with van der Waals surface area (Å²) in [5, 5.41) is 19.9. The topological polar surface area (TPSA) is 40.5 Å². The number of benzene rings is 1. The Kier molecular flexibility index (Phi) is 5.12.